The minimum Gasteiger partial charge on any atom is -0.448 e. The van der Waals surface area contributed by atoms with Gasteiger partial charge in [0.25, 0.3) is 5.78 Å². The number of imidazole rings is 1. The number of ether oxygens (including phenoxy) is 1. The SMILES string of the molecule is Cc1ccc(C(=O)C(=O)OC(C)c2nc3ccccc3n2C(F)F)cc1. The van der Waals surface area contributed by atoms with Crippen molar-refractivity contribution in [3.63, 3.8) is 0 Å². The molecule has 0 radical (unpaired) electrons. The predicted octanol–water partition coefficient (Wildman–Crippen LogP) is 4.23. The van der Waals surface area contributed by atoms with E-state index in [2.05, 4.69) is 4.98 Å². The van der Waals surface area contributed by atoms with Crippen LogP contribution in [0.4, 0.5) is 8.78 Å². The van der Waals surface area contributed by atoms with Gasteiger partial charge in [-0.3, -0.25) is 9.36 Å². The van der Waals surface area contributed by atoms with Crippen molar-refractivity contribution in [2.45, 2.75) is 26.5 Å². The molecular formula is C19H16F2N2O3. The molecule has 0 bridgehead atoms. The zero-order valence-corrected chi connectivity index (χ0v) is 14.1. The molecule has 3 rings (SSSR count). The van der Waals surface area contributed by atoms with Gasteiger partial charge < -0.3 is 4.74 Å². The summed E-state index contributed by atoms with van der Waals surface area (Å²) in [6.45, 7) is 0.399. The minimum atomic E-state index is -2.86. The summed E-state index contributed by atoms with van der Waals surface area (Å²) in [6.07, 6.45) is -1.11. The van der Waals surface area contributed by atoms with Crippen LogP contribution < -0.4 is 0 Å². The van der Waals surface area contributed by atoms with E-state index in [1.165, 1.54) is 25.1 Å². The van der Waals surface area contributed by atoms with Gasteiger partial charge in [0.05, 0.1) is 11.0 Å². The molecule has 0 saturated heterocycles. The summed E-state index contributed by atoms with van der Waals surface area (Å²) in [5.41, 5.74) is 1.70. The second kappa shape index (κ2) is 7.03. The van der Waals surface area contributed by atoms with Crippen LogP contribution in [0.25, 0.3) is 11.0 Å². The highest BCUT2D eigenvalue weighted by Gasteiger charge is 2.27. The number of alkyl halides is 2. The molecule has 1 aromatic heterocycles. The molecule has 0 fully saturated rings. The highest BCUT2D eigenvalue weighted by Crippen LogP contribution is 2.28. The largest absolute Gasteiger partial charge is 0.448 e. The van der Waals surface area contributed by atoms with Crippen molar-refractivity contribution in [1.82, 2.24) is 9.55 Å². The van der Waals surface area contributed by atoms with Crippen molar-refractivity contribution < 1.29 is 23.1 Å². The van der Waals surface area contributed by atoms with E-state index in [4.69, 9.17) is 4.74 Å². The average molecular weight is 358 g/mol. The molecule has 3 aromatic rings. The average Bonchev–Trinajstić information content (AvgIpc) is 3.01. The Morgan fingerprint density at radius 3 is 2.38 bits per heavy atom. The molecule has 26 heavy (non-hydrogen) atoms. The van der Waals surface area contributed by atoms with Gasteiger partial charge >= 0.3 is 12.5 Å². The number of aryl methyl sites for hydroxylation is 1. The van der Waals surface area contributed by atoms with Crippen LogP contribution in [0.15, 0.2) is 48.5 Å². The van der Waals surface area contributed by atoms with Gasteiger partial charge in [-0.1, -0.05) is 42.0 Å². The van der Waals surface area contributed by atoms with Crippen LogP contribution in [-0.4, -0.2) is 21.3 Å². The Morgan fingerprint density at radius 2 is 1.73 bits per heavy atom. The van der Waals surface area contributed by atoms with Crippen molar-refractivity contribution in [2.75, 3.05) is 0 Å². The van der Waals surface area contributed by atoms with Gasteiger partial charge in [-0.15, -0.1) is 0 Å². The van der Waals surface area contributed by atoms with Gasteiger partial charge in [0, 0.05) is 5.56 Å². The molecular weight excluding hydrogens is 342 g/mol. The molecule has 1 heterocycles. The molecule has 0 spiro atoms. The second-order valence-electron chi connectivity index (χ2n) is 5.85. The first-order valence-corrected chi connectivity index (χ1v) is 7.95. The number of carbonyl (C=O) groups is 2. The topological polar surface area (TPSA) is 61.2 Å². The number of aromatic nitrogens is 2. The standard InChI is InChI=1S/C19H16F2N2O3/c1-11-7-9-13(10-8-11)16(24)18(25)26-12(2)17-22-14-5-3-4-6-15(14)23(17)19(20)21/h3-10,12,19H,1-2H3. The normalized spacial score (nSPS) is 12.3. The van der Waals surface area contributed by atoms with Crippen molar-refractivity contribution in [2.24, 2.45) is 0 Å². The highest BCUT2D eigenvalue weighted by atomic mass is 19.3. The third-order valence-electron chi connectivity index (χ3n) is 3.96. The number of fused-ring (bicyclic) bond motifs is 1. The van der Waals surface area contributed by atoms with Gasteiger partial charge in [0.1, 0.15) is 0 Å². The Kier molecular flexibility index (Phi) is 4.79. The number of halogens is 2. The Morgan fingerprint density at radius 1 is 1.08 bits per heavy atom. The summed E-state index contributed by atoms with van der Waals surface area (Å²) in [6, 6.07) is 12.8. The van der Waals surface area contributed by atoms with E-state index in [0.717, 1.165) is 5.56 Å². The Hall–Kier alpha value is -3.09. The smallest absolute Gasteiger partial charge is 0.380 e. The van der Waals surface area contributed by atoms with Crippen LogP contribution in [0.3, 0.4) is 0 Å². The van der Waals surface area contributed by atoms with Crippen molar-refractivity contribution in [1.29, 1.82) is 0 Å². The van der Waals surface area contributed by atoms with Crippen molar-refractivity contribution >= 4 is 22.8 Å². The number of Topliss-reactive ketones (excluding diaryl/α,β-unsaturated/α-hetero) is 1. The molecule has 0 aliphatic rings. The van der Waals surface area contributed by atoms with Gasteiger partial charge in [0.15, 0.2) is 11.9 Å². The predicted molar refractivity (Wildman–Crippen MR) is 91.0 cm³/mol. The zero-order chi connectivity index (χ0) is 18.8. The summed E-state index contributed by atoms with van der Waals surface area (Å²) < 4.78 is 32.7. The summed E-state index contributed by atoms with van der Waals surface area (Å²) in [5, 5.41) is 0. The van der Waals surface area contributed by atoms with Crippen LogP contribution in [0.2, 0.25) is 0 Å². The van der Waals surface area contributed by atoms with Gasteiger partial charge in [-0.25, -0.2) is 9.78 Å². The molecule has 134 valence electrons. The molecule has 0 N–H and O–H groups in total. The van der Waals surface area contributed by atoms with Gasteiger partial charge in [0.2, 0.25) is 0 Å². The molecule has 7 heteroatoms. The lowest BCUT2D eigenvalue weighted by atomic mass is 10.1. The van der Waals surface area contributed by atoms with Crippen molar-refractivity contribution in [3.05, 3.63) is 65.5 Å². The van der Waals surface area contributed by atoms with E-state index in [0.29, 0.717) is 10.1 Å². The van der Waals surface area contributed by atoms with E-state index in [-0.39, 0.29) is 16.9 Å². The first kappa shape index (κ1) is 17.7. The Balaban J connectivity index is 1.85. The molecule has 2 aromatic carbocycles. The molecule has 0 aliphatic heterocycles. The first-order valence-electron chi connectivity index (χ1n) is 7.95. The van der Waals surface area contributed by atoms with E-state index in [1.54, 1.807) is 30.3 Å². The molecule has 0 saturated carbocycles. The van der Waals surface area contributed by atoms with E-state index < -0.39 is 24.4 Å². The first-order chi connectivity index (χ1) is 12.4. The summed E-state index contributed by atoms with van der Waals surface area (Å²) in [4.78, 5) is 28.4. The summed E-state index contributed by atoms with van der Waals surface area (Å²) in [5.74, 6) is -2.07. The van der Waals surface area contributed by atoms with Gasteiger partial charge in [-0.05, 0) is 26.0 Å². The zero-order valence-electron chi connectivity index (χ0n) is 14.1. The third-order valence-corrected chi connectivity index (χ3v) is 3.96. The lowest BCUT2D eigenvalue weighted by molar-refractivity contribution is -0.143. The molecule has 1 atom stereocenters. The summed E-state index contributed by atoms with van der Waals surface area (Å²) in [7, 11) is 0. The number of hydrogen-bond acceptors (Lipinski definition) is 4. The van der Waals surface area contributed by atoms with E-state index in [1.807, 2.05) is 6.92 Å². The molecule has 5 nitrogen and oxygen atoms in total. The number of nitrogens with zero attached hydrogens (tertiary/aromatic N) is 2. The van der Waals surface area contributed by atoms with Gasteiger partial charge in [-0.2, -0.15) is 8.78 Å². The van der Waals surface area contributed by atoms with Crippen molar-refractivity contribution in [3.8, 4) is 0 Å². The van der Waals surface area contributed by atoms with E-state index >= 15 is 0 Å². The van der Waals surface area contributed by atoms with Crippen LogP contribution in [0, 0.1) is 6.92 Å². The number of esters is 1. The number of ketones is 1. The lowest BCUT2D eigenvalue weighted by Gasteiger charge is -2.14. The lowest BCUT2D eigenvalue weighted by Crippen LogP contribution is -2.21. The highest BCUT2D eigenvalue weighted by molar-refractivity contribution is 6.40. The number of carbonyl (C=O) groups excluding carboxylic acids is 2. The molecule has 0 amide bonds. The van der Waals surface area contributed by atoms with Crippen LogP contribution in [-0.2, 0) is 9.53 Å². The summed E-state index contributed by atoms with van der Waals surface area (Å²) >= 11 is 0. The Bertz CT molecular complexity index is 965. The monoisotopic (exact) mass is 358 g/mol. The van der Waals surface area contributed by atoms with Crippen LogP contribution in [0.1, 0.15) is 41.3 Å². The maximum absolute atomic E-state index is 13.5. The maximum Gasteiger partial charge on any atom is 0.380 e. The van der Waals surface area contributed by atoms with E-state index in [9.17, 15) is 18.4 Å². The number of para-hydroxylation sites is 2. The second-order valence-corrected chi connectivity index (χ2v) is 5.85. The fraction of sp³-hybridized carbons (Fsp3) is 0.211. The van der Waals surface area contributed by atoms with Crippen LogP contribution in [0.5, 0.6) is 0 Å². The fourth-order valence-electron chi connectivity index (χ4n) is 2.64. The third kappa shape index (κ3) is 3.33. The molecule has 0 aliphatic carbocycles. The minimum absolute atomic E-state index is 0.119. The number of rotatable bonds is 5. The Labute approximate surface area is 148 Å². The number of benzene rings is 2. The number of hydrogen-bond donors (Lipinski definition) is 0. The fourth-order valence-corrected chi connectivity index (χ4v) is 2.64. The maximum atomic E-state index is 13.5. The quantitative estimate of drug-likeness (QED) is 0.389. The van der Waals surface area contributed by atoms with Crippen LogP contribution >= 0.6 is 0 Å². The molecule has 1 unspecified atom stereocenters.